The van der Waals surface area contributed by atoms with Gasteiger partial charge in [-0.1, -0.05) is 18.0 Å². The van der Waals surface area contributed by atoms with Crippen molar-refractivity contribution in [1.82, 2.24) is 20.4 Å². The van der Waals surface area contributed by atoms with Gasteiger partial charge < -0.3 is 9.84 Å². The highest BCUT2D eigenvalue weighted by atomic mass is 16.5. The second-order valence-electron chi connectivity index (χ2n) is 7.77. The fourth-order valence-corrected chi connectivity index (χ4v) is 4.04. The van der Waals surface area contributed by atoms with Gasteiger partial charge >= 0.3 is 0 Å². The van der Waals surface area contributed by atoms with Crippen molar-refractivity contribution in [3.05, 3.63) is 11.7 Å². The first-order valence-corrected chi connectivity index (χ1v) is 9.58. The Bertz CT molecular complexity index is 577. The molecule has 2 atom stereocenters. The normalized spacial score (nSPS) is 27.3. The number of carbonyl (C=O) groups excluding carboxylic acids is 1. The number of hydrogen-bond acceptors (Lipinski definition) is 5. The van der Waals surface area contributed by atoms with Crippen LogP contribution >= 0.6 is 0 Å². The molecule has 1 aromatic rings. The van der Waals surface area contributed by atoms with Crippen LogP contribution in [0, 0.1) is 0 Å². The standard InChI is InChI=1S/C18H28N4O2/c1-12(17(23)19-15-6-2-3-7-15)22-10-4-5-14(11-22)16-20-18(24-21-16)13-8-9-13/h12-15H,2-11H2,1H3,(H,19,23)/t12-,14+/m1/s1. The summed E-state index contributed by atoms with van der Waals surface area (Å²) in [5.41, 5.74) is 0. The Morgan fingerprint density at radius 3 is 2.71 bits per heavy atom. The molecule has 1 saturated heterocycles. The van der Waals surface area contributed by atoms with E-state index in [9.17, 15) is 4.79 Å². The number of carbonyl (C=O) groups is 1. The van der Waals surface area contributed by atoms with Gasteiger partial charge in [0.05, 0.1) is 6.04 Å². The maximum atomic E-state index is 12.5. The highest BCUT2D eigenvalue weighted by molar-refractivity contribution is 5.81. The second kappa shape index (κ2) is 6.82. The lowest BCUT2D eigenvalue weighted by Crippen LogP contribution is -2.50. The molecular formula is C18H28N4O2. The van der Waals surface area contributed by atoms with Gasteiger partial charge in [-0.05, 0) is 52.0 Å². The van der Waals surface area contributed by atoms with Gasteiger partial charge in [0.1, 0.15) is 0 Å². The summed E-state index contributed by atoms with van der Waals surface area (Å²) in [6, 6.07) is 0.307. The molecule has 3 fully saturated rings. The third kappa shape index (κ3) is 3.48. The molecule has 0 unspecified atom stereocenters. The third-order valence-electron chi connectivity index (χ3n) is 5.83. The Morgan fingerprint density at radius 1 is 1.17 bits per heavy atom. The van der Waals surface area contributed by atoms with Crippen LogP contribution in [0.1, 0.15) is 81.8 Å². The number of aromatic nitrogens is 2. The van der Waals surface area contributed by atoms with Gasteiger partial charge in [0.2, 0.25) is 11.8 Å². The summed E-state index contributed by atoms with van der Waals surface area (Å²) in [5, 5.41) is 7.44. The monoisotopic (exact) mass is 332 g/mol. The van der Waals surface area contributed by atoms with Crippen molar-refractivity contribution in [2.24, 2.45) is 0 Å². The molecule has 0 aromatic carbocycles. The number of amides is 1. The third-order valence-corrected chi connectivity index (χ3v) is 5.83. The first-order chi connectivity index (χ1) is 11.7. The first-order valence-electron chi connectivity index (χ1n) is 9.58. The summed E-state index contributed by atoms with van der Waals surface area (Å²) in [6.07, 6.45) is 9.27. The van der Waals surface area contributed by atoms with Crippen molar-refractivity contribution >= 4 is 5.91 Å². The summed E-state index contributed by atoms with van der Waals surface area (Å²) >= 11 is 0. The molecule has 0 bridgehead atoms. The zero-order valence-electron chi connectivity index (χ0n) is 14.5. The van der Waals surface area contributed by atoms with E-state index in [1.54, 1.807) is 0 Å². The molecule has 6 nitrogen and oxygen atoms in total. The number of piperidine rings is 1. The Balaban J connectivity index is 1.35. The van der Waals surface area contributed by atoms with Crippen molar-refractivity contribution in [1.29, 1.82) is 0 Å². The van der Waals surface area contributed by atoms with Crippen molar-refractivity contribution in [2.45, 2.75) is 82.2 Å². The Kier molecular flexibility index (Phi) is 4.57. The van der Waals surface area contributed by atoms with E-state index in [-0.39, 0.29) is 17.9 Å². The van der Waals surface area contributed by atoms with Crippen LogP contribution in [0.4, 0.5) is 0 Å². The van der Waals surface area contributed by atoms with Crippen LogP contribution in [0.2, 0.25) is 0 Å². The molecule has 6 heteroatoms. The predicted octanol–water partition coefficient (Wildman–Crippen LogP) is 2.57. The van der Waals surface area contributed by atoms with Crippen LogP contribution in [-0.4, -0.2) is 46.1 Å². The molecule has 1 aromatic heterocycles. The fraction of sp³-hybridized carbons (Fsp3) is 0.833. The van der Waals surface area contributed by atoms with E-state index in [0.29, 0.717) is 12.0 Å². The zero-order valence-corrected chi connectivity index (χ0v) is 14.5. The summed E-state index contributed by atoms with van der Waals surface area (Å²) in [4.78, 5) is 19.4. The average Bonchev–Trinajstić information content (AvgIpc) is 3.11. The van der Waals surface area contributed by atoms with Gasteiger partial charge in [-0.15, -0.1) is 0 Å². The van der Waals surface area contributed by atoms with Crippen molar-refractivity contribution < 1.29 is 9.32 Å². The molecule has 1 aliphatic heterocycles. The lowest BCUT2D eigenvalue weighted by atomic mass is 9.96. The molecule has 1 amide bonds. The predicted molar refractivity (Wildman–Crippen MR) is 89.7 cm³/mol. The Labute approximate surface area is 143 Å². The number of likely N-dealkylation sites (tertiary alicyclic amines) is 1. The van der Waals surface area contributed by atoms with Crippen LogP contribution in [0.5, 0.6) is 0 Å². The molecule has 4 rings (SSSR count). The summed E-state index contributed by atoms with van der Waals surface area (Å²) < 4.78 is 5.41. The van der Waals surface area contributed by atoms with Gasteiger partial charge in [0, 0.05) is 24.4 Å². The maximum Gasteiger partial charge on any atom is 0.237 e. The fourth-order valence-electron chi connectivity index (χ4n) is 4.04. The van der Waals surface area contributed by atoms with Gasteiger partial charge in [-0.3, -0.25) is 9.69 Å². The molecule has 24 heavy (non-hydrogen) atoms. The Morgan fingerprint density at radius 2 is 1.96 bits per heavy atom. The van der Waals surface area contributed by atoms with Crippen LogP contribution < -0.4 is 5.32 Å². The molecule has 132 valence electrons. The van der Waals surface area contributed by atoms with Crippen LogP contribution in [0.3, 0.4) is 0 Å². The van der Waals surface area contributed by atoms with Gasteiger partial charge in [-0.2, -0.15) is 4.98 Å². The first kappa shape index (κ1) is 16.1. The minimum absolute atomic E-state index is 0.0804. The quantitative estimate of drug-likeness (QED) is 0.897. The van der Waals surface area contributed by atoms with Crippen LogP contribution in [0.15, 0.2) is 4.52 Å². The van der Waals surface area contributed by atoms with Gasteiger partial charge in [-0.25, -0.2) is 0 Å². The van der Waals surface area contributed by atoms with Crippen molar-refractivity contribution in [3.8, 4) is 0 Å². The summed E-state index contributed by atoms with van der Waals surface area (Å²) in [6.45, 7) is 3.85. The van der Waals surface area contributed by atoms with Gasteiger partial charge in [0.25, 0.3) is 0 Å². The molecule has 0 spiro atoms. The van der Waals surface area contributed by atoms with Crippen LogP contribution in [0.25, 0.3) is 0 Å². The van der Waals surface area contributed by atoms with E-state index in [0.717, 1.165) is 50.5 Å². The average molecular weight is 332 g/mol. The van der Waals surface area contributed by atoms with Crippen molar-refractivity contribution in [2.75, 3.05) is 13.1 Å². The van der Waals surface area contributed by atoms with E-state index < -0.39 is 0 Å². The van der Waals surface area contributed by atoms with Crippen molar-refractivity contribution in [3.63, 3.8) is 0 Å². The molecule has 2 saturated carbocycles. The molecule has 2 heterocycles. The smallest absolute Gasteiger partial charge is 0.237 e. The van der Waals surface area contributed by atoms with E-state index in [4.69, 9.17) is 4.52 Å². The van der Waals surface area contributed by atoms with E-state index >= 15 is 0 Å². The summed E-state index contributed by atoms with van der Waals surface area (Å²) in [7, 11) is 0. The number of nitrogens with one attached hydrogen (secondary N) is 1. The summed E-state index contributed by atoms with van der Waals surface area (Å²) in [5.74, 6) is 2.62. The largest absolute Gasteiger partial charge is 0.352 e. The van der Waals surface area contributed by atoms with Gasteiger partial charge in [0.15, 0.2) is 5.82 Å². The highest BCUT2D eigenvalue weighted by Crippen LogP contribution is 2.39. The molecule has 2 aliphatic carbocycles. The molecule has 1 N–H and O–H groups in total. The maximum absolute atomic E-state index is 12.5. The lowest BCUT2D eigenvalue weighted by Gasteiger charge is -2.35. The van der Waals surface area contributed by atoms with Crippen LogP contribution in [-0.2, 0) is 4.79 Å². The molecule has 0 radical (unpaired) electrons. The minimum Gasteiger partial charge on any atom is -0.352 e. The molecule has 3 aliphatic rings. The molecular weight excluding hydrogens is 304 g/mol. The lowest BCUT2D eigenvalue weighted by molar-refractivity contribution is -0.127. The van der Waals surface area contributed by atoms with E-state index in [1.807, 2.05) is 6.92 Å². The topological polar surface area (TPSA) is 71.3 Å². The number of nitrogens with zero attached hydrogens (tertiary/aromatic N) is 3. The zero-order chi connectivity index (χ0) is 16.5. The second-order valence-corrected chi connectivity index (χ2v) is 7.77. The highest BCUT2D eigenvalue weighted by Gasteiger charge is 2.34. The van der Waals surface area contributed by atoms with E-state index in [2.05, 4.69) is 20.4 Å². The number of rotatable bonds is 5. The minimum atomic E-state index is -0.0804. The van der Waals surface area contributed by atoms with E-state index in [1.165, 1.54) is 25.7 Å². The number of hydrogen-bond donors (Lipinski definition) is 1. The SMILES string of the molecule is C[C@H](C(=O)NC1CCCC1)N1CCC[C@H](c2noc(C3CC3)n2)C1. The Hall–Kier alpha value is -1.43.